The van der Waals surface area contributed by atoms with Gasteiger partial charge in [0.2, 0.25) is 0 Å². The van der Waals surface area contributed by atoms with Gasteiger partial charge in [-0.3, -0.25) is 9.48 Å². The minimum absolute atomic E-state index is 0.0711. The lowest BCUT2D eigenvalue weighted by atomic mass is 9.95. The molecule has 0 fully saturated rings. The van der Waals surface area contributed by atoms with Crippen molar-refractivity contribution < 1.29 is 4.79 Å². The second kappa shape index (κ2) is 5.02. The highest BCUT2D eigenvalue weighted by Crippen LogP contribution is 2.41. The van der Waals surface area contributed by atoms with Gasteiger partial charge < -0.3 is 0 Å². The zero-order valence-electron chi connectivity index (χ0n) is 10.5. The van der Waals surface area contributed by atoms with Gasteiger partial charge in [-0.15, -0.1) is 11.8 Å². The van der Waals surface area contributed by atoms with Gasteiger partial charge in [-0.2, -0.15) is 5.10 Å². The lowest BCUT2D eigenvalue weighted by molar-refractivity contribution is 0.0958. The van der Waals surface area contributed by atoms with Crippen LogP contribution in [0, 0.1) is 0 Å². The van der Waals surface area contributed by atoms with E-state index in [1.807, 2.05) is 25.1 Å². The number of fused-ring (bicyclic) bond motifs is 1. The molecule has 1 aromatic heterocycles. The van der Waals surface area contributed by atoms with Gasteiger partial charge in [0.15, 0.2) is 5.78 Å². The molecule has 0 N–H and O–H groups in total. The van der Waals surface area contributed by atoms with Crippen LogP contribution in [0.1, 0.15) is 28.9 Å². The predicted octanol–water partition coefficient (Wildman–Crippen LogP) is 3.63. The summed E-state index contributed by atoms with van der Waals surface area (Å²) < 4.78 is 1.68. The number of carbonyl (C=O) groups is 1. The minimum atomic E-state index is -0.110. The number of aromatic nitrogens is 2. The first kappa shape index (κ1) is 12.8. The van der Waals surface area contributed by atoms with Crippen molar-refractivity contribution in [2.75, 3.05) is 5.75 Å². The Morgan fingerprint density at radius 3 is 3.11 bits per heavy atom. The van der Waals surface area contributed by atoms with Gasteiger partial charge in [-0.25, -0.2) is 0 Å². The summed E-state index contributed by atoms with van der Waals surface area (Å²) >= 11 is 7.84. The van der Waals surface area contributed by atoms with E-state index in [2.05, 4.69) is 11.2 Å². The molecule has 1 aliphatic heterocycles. The maximum absolute atomic E-state index is 12.7. The van der Waals surface area contributed by atoms with Crippen LogP contribution in [0.25, 0.3) is 0 Å². The Labute approximate surface area is 121 Å². The number of benzene rings is 1. The average Bonchev–Trinajstić information content (AvgIpc) is 3.01. The molecular weight excluding hydrogens is 280 g/mol. The van der Waals surface area contributed by atoms with Crippen molar-refractivity contribution in [3.63, 3.8) is 0 Å². The topological polar surface area (TPSA) is 34.9 Å². The van der Waals surface area contributed by atoms with E-state index >= 15 is 0 Å². The number of nitrogens with zero attached hydrogens (tertiary/aromatic N) is 2. The highest BCUT2D eigenvalue weighted by atomic mass is 35.5. The van der Waals surface area contributed by atoms with E-state index in [0.717, 1.165) is 11.3 Å². The quantitative estimate of drug-likeness (QED) is 0.810. The van der Waals surface area contributed by atoms with Crippen LogP contribution in [0.2, 0.25) is 5.02 Å². The van der Waals surface area contributed by atoms with Crippen molar-refractivity contribution in [2.45, 2.75) is 24.3 Å². The van der Waals surface area contributed by atoms with E-state index in [-0.39, 0.29) is 11.7 Å². The maximum atomic E-state index is 12.7. The van der Waals surface area contributed by atoms with Gasteiger partial charge in [0.1, 0.15) is 5.69 Å². The van der Waals surface area contributed by atoms with Crippen molar-refractivity contribution >= 4 is 29.1 Å². The first-order chi connectivity index (χ1) is 9.22. The van der Waals surface area contributed by atoms with E-state index in [4.69, 9.17) is 11.6 Å². The highest BCUT2D eigenvalue weighted by molar-refractivity contribution is 7.99. The van der Waals surface area contributed by atoms with Gasteiger partial charge >= 0.3 is 0 Å². The zero-order chi connectivity index (χ0) is 13.4. The van der Waals surface area contributed by atoms with E-state index < -0.39 is 0 Å². The van der Waals surface area contributed by atoms with Gasteiger partial charge in [0.25, 0.3) is 0 Å². The SMILES string of the molecule is CCn1ncc(Cl)c1C(=O)C1CSc2ccccc21. The first-order valence-corrected chi connectivity index (χ1v) is 7.56. The Hall–Kier alpha value is -1.26. The summed E-state index contributed by atoms with van der Waals surface area (Å²) in [7, 11) is 0. The molecule has 0 aliphatic carbocycles. The van der Waals surface area contributed by atoms with Crippen LogP contribution >= 0.6 is 23.4 Å². The van der Waals surface area contributed by atoms with E-state index in [1.54, 1.807) is 22.6 Å². The van der Waals surface area contributed by atoms with Crippen LogP contribution < -0.4 is 0 Å². The molecule has 1 unspecified atom stereocenters. The van der Waals surface area contributed by atoms with Gasteiger partial charge in [-0.1, -0.05) is 29.8 Å². The highest BCUT2D eigenvalue weighted by Gasteiger charge is 2.32. The lowest BCUT2D eigenvalue weighted by Crippen LogP contribution is -2.17. The van der Waals surface area contributed by atoms with Gasteiger partial charge in [0, 0.05) is 17.2 Å². The molecule has 2 aromatic rings. The molecule has 0 amide bonds. The normalized spacial score (nSPS) is 17.5. The van der Waals surface area contributed by atoms with Crippen LogP contribution in [0.15, 0.2) is 35.4 Å². The monoisotopic (exact) mass is 292 g/mol. The third kappa shape index (κ3) is 2.09. The summed E-state index contributed by atoms with van der Waals surface area (Å²) in [5, 5.41) is 4.59. The van der Waals surface area contributed by atoms with Crippen LogP contribution in [0.5, 0.6) is 0 Å². The number of rotatable bonds is 3. The summed E-state index contributed by atoms with van der Waals surface area (Å²) in [5.41, 5.74) is 1.64. The molecule has 98 valence electrons. The summed E-state index contributed by atoms with van der Waals surface area (Å²) in [6, 6.07) is 8.07. The summed E-state index contributed by atoms with van der Waals surface area (Å²) in [6.45, 7) is 2.60. The Balaban J connectivity index is 2.00. The molecule has 1 aliphatic rings. The summed E-state index contributed by atoms with van der Waals surface area (Å²) in [5.74, 6) is 0.742. The number of thioether (sulfide) groups is 1. The Bertz CT molecular complexity index is 638. The third-order valence-electron chi connectivity index (χ3n) is 3.34. The molecule has 0 saturated carbocycles. The van der Waals surface area contributed by atoms with Crippen LogP contribution in [0.3, 0.4) is 0 Å². The molecule has 0 radical (unpaired) electrons. The molecule has 1 aromatic carbocycles. The molecule has 0 saturated heterocycles. The largest absolute Gasteiger partial charge is 0.292 e. The summed E-state index contributed by atoms with van der Waals surface area (Å²) in [4.78, 5) is 13.9. The average molecular weight is 293 g/mol. The van der Waals surface area contributed by atoms with E-state index in [0.29, 0.717) is 17.3 Å². The van der Waals surface area contributed by atoms with Crippen LogP contribution in [0.4, 0.5) is 0 Å². The zero-order valence-corrected chi connectivity index (χ0v) is 12.0. The molecule has 0 spiro atoms. The van der Waals surface area contributed by atoms with Crippen LogP contribution in [-0.4, -0.2) is 21.3 Å². The summed E-state index contributed by atoms with van der Waals surface area (Å²) in [6.07, 6.45) is 1.55. The molecule has 3 rings (SSSR count). The number of Topliss-reactive ketones (excluding diaryl/α,β-unsaturated/α-hetero) is 1. The van der Waals surface area contributed by atoms with Crippen molar-refractivity contribution in [3.05, 3.63) is 46.7 Å². The Morgan fingerprint density at radius 1 is 1.53 bits per heavy atom. The molecule has 0 bridgehead atoms. The second-order valence-corrected chi connectivity index (χ2v) is 5.89. The number of aryl methyl sites for hydroxylation is 1. The number of ketones is 1. The molecule has 1 atom stereocenters. The molecule has 3 nitrogen and oxygen atoms in total. The number of halogens is 1. The third-order valence-corrected chi connectivity index (χ3v) is 4.80. The second-order valence-electron chi connectivity index (χ2n) is 4.42. The molecule has 2 heterocycles. The minimum Gasteiger partial charge on any atom is -0.292 e. The Kier molecular flexibility index (Phi) is 3.37. The first-order valence-electron chi connectivity index (χ1n) is 6.19. The van der Waals surface area contributed by atoms with E-state index in [9.17, 15) is 4.79 Å². The van der Waals surface area contributed by atoms with Crippen molar-refractivity contribution in [1.82, 2.24) is 9.78 Å². The smallest absolute Gasteiger partial charge is 0.190 e. The molecule has 19 heavy (non-hydrogen) atoms. The maximum Gasteiger partial charge on any atom is 0.190 e. The van der Waals surface area contributed by atoms with Crippen molar-refractivity contribution in [1.29, 1.82) is 0 Å². The number of carbonyl (C=O) groups excluding carboxylic acids is 1. The fraction of sp³-hybridized carbons (Fsp3) is 0.286. The van der Waals surface area contributed by atoms with Gasteiger partial charge in [0.05, 0.1) is 17.1 Å². The molecular formula is C14H13ClN2OS. The van der Waals surface area contributed by atoms with E-state index in [1.165, 1.54) is 4.90 Å². The number of hydrogen-bond donors (Lipinski definition) is 0. The van der Waals surface area contributed by atoms with Gasteiger partial charge in [-0.05, 0) is 18.6 Å². The van der Waals surface area contributed by atoms with Crippen LogP contribution in [-0.2, 0) is 6.54 Å². The fourth-order valence-electron chi connectivity index (χ4n) is 2.39. The Morgan fingerprint density at radius 2 is 2.32 bits per heavy atom. The van der Waals surface area contributed by atoms with Crippen molar-refractivity contribution in [2.24, 2.45) is 0 Å². The standard InChI is InChI=1S/C14H13ClN2OS/c1-2-17-13(11(15)7-16-17)14(18)10-8-19-12-6-4-3-5-9(10)12/h3-7,10H,2,8H2,1H3. The fourth-order valence-corrected chi connectivity index (χ4v) is 3.86. The lowest BCUT2D eigenvalue weighted by Gasteiger charge is -2.11. The number of hydrogen-bond acceptors (Lipinski definition) is 3. The predicted molar refractivity (Wildman–Crippen MR) is 77.1 cm³/mol. The molecule has 5 heteroatoms. The van der Waals surface area contributed by atoms with Crippen molar-refractivity contribution in [3.8, 4) is 0 Å².